The zero-order chi connectivity index (χ0) is 12.8. The fourth-order valence-corrected chi connectivity index (χ4v) is 1.44. The Morgan fingerprint density at radius 1 is 1.41 bits per heavy atom. The lowest BCUT2D eigenvalue weighted by atomic mass is 10.0. The molecule has 0 bridgehead atoms. The second-order valence-electron chi connectivity index (χ2n) is 4.72. The Kier molecular flexibility index (Phi) is 5.10. The molecule has 1 unspecified atom stereocenters. The molecule has 0 aliphatic rings. The van der Waals surface area contributed by atoms with Crippen LogP contribution in [0, 0.1) is 5.92 Å². The third-order valence-corrected chi connectivity index (χ3v) is 2.86. The van der Waals surface area contributed by atoms with Crippen LogP contribution in [-0.4, -0.2) is 28.9 Å². The summed E-state index contributed by atoms with van der Waals surface area (Å²) in [7, 11) is 1.80. The molecule has 1 aromatic heterocycles. The number of amides is 1. The van der Waals surface area contributed by atoms with Crippen molar-refractivity contribution in [2.24, 2.45) is 11.7 Å². The molecule has 0 spiro atoms. The summed E-state index contributed by atoms with van der Waals surface area (Å²) >= 11 is 0. The van der Waals surface area contributed by atoms with Crippen LogP contribution in [0.2, 0.25) is 0 Å². The first-order valence-corrected chi connectivity index (χ1v) is 5.89. The maximum absolute atomic E-state index is 11.9. The maximum Gasteiger partial charge on any atom is 0.224 e. The summed E-state index contributed by atoms with van der Waals surface area (Å²) in [5, 5.41) is 0. The van der Waals surface area contributed by atoms with E-state index in [9.17, 15) is 4.79 Å². The molecule has 0 aliphatic carbocycles. The van der Waals surface area contributed by atoms with E-state index in [-0.39, 0.29) is 11.9 Å². The molecular weight excluding hydrogens is 214 g/mol. The van der Waals surface area contributed by atoms with E-state index in [1.165, 1.54) is 0 Å². The van der Waals surface area contributed by atoms with Crippen LogP contribution in [0.25, 0.3) is 0 Å². The van der Waals surface area contributed by atoms with Gasteiger partial charge in [-0.05, 0) is 23.6 Å². The van der Waals surface area contributed by atoms with Gasteiger partial charge < -0.3 is 10.6 Å². The van der Waals surface area contributed by atoms with Gasteiger partial charge in [0.2, 0.25) is 5.91 Å². The van der Waals surface area contributed by atoms with Gasteiger partial charge >= 0.3 is 0 Å². The highest BCUT2D eigenvalue weighted by atomic mass is 16.2. The van der Waals surface area contributed by atoms with Crippen molar-refractivity contribution < 1.29 is 4.79 Å². The maximum atomic E-state index is 11.9. The highest BCUT2D eigenvalue weighted by Gasteiger charge is 2.16. The van der Waals surface area contributed by atoms with E-state index in [1.54, 1.807) is 24.3 Å². The summed E-state index contributed by atoms with van der Waals surface area (Å²) in [5.74, 6) is 0.413. The number of aromatic nitrogens is 1. The number of hydrogen-bond donors (Lipinski definition) is 1. The van der Waals surface area contributed by atoms with E-state index < -0.39 is 0 Å². The minimum atomic E-state index is -0.0672. The summed E-state index contributed by atoms with van der Waals surface area (Å²) in [6, 6.07) is 3.75. The Bertz CT molecular complexity index is 351. The molecule has 4 heteroatoms. The number of carbonyl (C=O) groups excluding carboxylic acids is 1. The van der Waals surface area contributed by atoms with Crippen LogP contribution in [-0.2, 0) is 11.3 Å². The average molecular weight is 235 g/mol. The Labute approximate surface area is 103 Å². The van der Waals surface area contributed by atoms with E-state index >= 15 is 0 Å². The third-order valence-electron chi connectivity index (χ3n) is 2.86. The van der Waals surface area contributed by atoms with Crippen molar-refractivity contribution >= 4 is 5.91 Å². The standard InChI is InChI=1S/C13H21N3O/c1-10(2)12(14)8-13(17)16(3)9-11-4-6-15-7-5-11/h4-7,10,12H,8-9,14H2,1-3H3. The summed E-state index contributed by atoms with van der Waals surface area (Å²) in [4.78, 5) is 17.5. The van der Waals surface area contributed by atoms with Crippen LogP contribution >= 0.6 is 0 Å². The van der Waals surface area contributed by atoms with E-state index in [2.05, 4.69) is 4.98 Å². The first-order chi connectivity index (χ1) is 8.00. The Morgan fingerprint density at radius 3 is 2.53 bits per heavy atom. The average Bonchev–Trinajstić information content (AvgIpc) is 2.29. The molecule has 2 N–H and O–H groups in total. The van der Waals surface area contributed by atoms with Gasteiger partial charge in [-0.25, -0.2) is 0 Å². The molecule has 1 heterocycles. The van der Waals surface area contributed by atoms with Crippen LogP contribution in [0.1, 0.15) is 25.8 Å². The molecule has 0 aromatic carbocycles. The predicted molar refractivity (Wildman–Crippen MR) is 68.1 cm³/mol. The normalized spacial score (nSPS) is 12.5. The lowest BCUT2D eigenvalue weighted by molar-refractivity contribution is -0.131. The predicted octanol–water partition coefficient (Wildman–Crippen LogP) is 1.41. The van der Waals surface area contributed by atoms with Crippen molar-refractivity contribution in [3.8, 4) is 0 Å². The van der Waals surface area contributed by atoms with Gasteiger partial charge in [0.1, 0.15) is 0 Å². The molecule has 0 radical (unpaired) electrons. The summed E-state index contributed by atoms with van der Waals surface area (Å²) in [6.45, 7) is 4.66. The Morgan fingerprint density at radius 2 is 2.00 bits per heavy atom. The summed E-state index contributed by atoms with van der Waals surface area (Å²) < 4.78 is 0. The zero-order valence-electron chi connectivity index (χ0n) is 10.8. The second-order valence-corrected chi connectivity index (χ2v) is 4.72. The second kappa shape index (κ2) is 6.35. The Hall–Kier alpha value is -1.42. The first kappa shape index (κ1) is 13.6. The fraction of sp³-hybridized carbons (Fsp3) is 0.538. The molecule has 17 heavy (non-hydrogen) atoms. The number of pyridine rings is 1. The summed E-state index contributed by atoms with van der Waals surface area (Å²) in [5.41, 5.74) is 6.97. The molecule has 0 fully saturated rings. The van der Waals surface area contributed by atoms with Crippen LogP contribution in [0.15, 0.2) is 24.5 Å². The van der Waals surface area contributed by atoms with Crippen LogP contribution in [0.5, 0.6) is 0 Å². The van der Waals surface area contributed by atoms with Gasteiger partial charge in [0.25, 0.3) is 0 Å². The third kappa shape index (κ3) is 4.53. The monoisotopic (exact) mass is 235 g/mol. The van der Waals surface area contributed by atoms with E-state index in [1.807, 2.05) is 26.0 Å². The van der Waals surface area contributed by atoms with Crippen LogP contribution < -0.4 is 5.73 Å². The van der Waals surface area contributed by atoms with E-state index in [0.29, 0.717) is 18.9 Å². The molecular formula is C13H21N3O. The lowest BCUT2D eigenvalue weighted by Gasteiger charge is -2.21. The van der Waals surface area contributed by atoms with Crippen molar-refractivity contribution in [1.29, 1.82) is 0 Å². The van der Waals surface area contributed by atoms with Gasteiger partial charge in [-0.15, -0.1) is 0 Å². The van der Waals surface area contributed by atoms with E-state index in [0.717, 1.165) is 5.56 Å². The van der Waals surface area contributed by atoms with Gasteiger partial charge in [0, 0.05) is 38.4 Å². The lowest BCUT2D eigenvalue weighted by Crippen LogP contribution is -2.35. The topological polar surface area (TPSA) is 59.2 Å². The molecule has 0 aliphatic heterocycles. The number of carbonyl (C=O) groups is 1. The molecule has 1 rings (SSSR count). The molecule has 0 saturated heterocycles. The molecule has 94 valence electrons. The quantitative estimate of drug-likeness (QED) is 0.839. The van der Waals surface area contributed by atoms with Crippen molar-refractivity contribution in [1.82, 2.24) is 9.88 Å². The molecule has 4 nitrogen and oxygen atoms in total. The number of hydrogen-bond acceptors (Lipinski definition) is 3. The molecule has 0 saturated carbocycles. The minimum Gasteiger partial charge on any atom is -0.341 e. The van der Waals surface area contributed by atoms with Gasteiger partial charge in [-0.1, -0.05) is 13.8 Å². The smallest absolute Gasteiger partial charge is 0.224 e. The highest BCUT2D eigenvalue weighted by molar-refractivity contribution is 5.76. The zero-order valence-corrected chi connectivity index (χ0v) is 10.8. The van der Waals surface area contributed by atoms with Crippen LogP contribution in [0.4, 0.5) is 0 Å². The number of rotatable bonds is 5. The van der Waals surface area contributed by atoms with E-state index in [4.69, 9.17) is 5.73 Å². The van der Waals surface area contributed by atoms with Crippen molar-refractivity contribution in [3.05, 3.63) is 30.1 Å². The van der Waals surface area contributed by atoms with Gasteiger partial charge in [-0.2, -0.15) is 0 Å². The van der Waals surface area contributed by atoms with Crippen molar-refractivity contribution in [2.45, 2.75) is 32.9 Å². The molecule has 1 atom stereocenters. The van der Waals surface area contributed by atoms with Crippen LogP contribution in [0.3, 0.4) is 0 Å². The van der Waals surface area contributed by atoms with Crippen molar-refractivity contribution in [3.63, 3.8) is 0 Å². The largest absolute Gasteiger partial charge is 0.341 e. The van der Waals surface area contributed by atoms with Gasteiger partial charge in [0.15, 0.2) is 0 Å². The summed E-state index contributed by atoms with van der Waals surface area (Å²) in [6.07, 6.45) is 3.86. The van der Waals surface area contributed by atoms with Crippen molar-refractivity contribution in [2.75, 3.05) is 7.05 Å². The number of nitrogens with zero attached hydrogens (tertiary/aromatic N) is 2. The van der Waals surface area contributed by atoms with Gasteiger partial charge in [-0.3, -0.25) is 9.78 Å². The highest BCUT2D eigenvalue weighted by Crippen LogP contribution is 2.07. The molecule has 1 aromatic rings. The Balaban J connectivity index is 2.48. The fourth-order valence-electron chi connectivity index (χ4n) is 1.44. The minimum absolute atomic E-state index is 0.0672. The number of nitrogens with two attached hydrogens (primary N) is 1. The molecule has 1 amide bonds. The SMILES string of the molecule is CC(C)C(N)CC(=O)N(C)Cc1ccncc1. The first-order valence-electron chi connectivity index (χ1n) is 5.89. The van der Waals surface area contributed by atoms with Gasteiger partial charge in [0.05, 0.1) is 0 Å².